The summed E-state index contributed by atoms with van der Waals surface area (Å²) in [6, 6.07) is 23.7. The predicted octanol–water partition coefficient (Wildman–Crippen LogP) is 4.35. The first-order chi connectivity index (χ1) is 15.7. The van der Waals surface area contributed by atoms with Gasteiger partial charge in [-0.1, -0.05) is 60.7 Å². The number of nitrogens with one attached hydrogen (secondary N) is 2. The third-order valence-corrected chi connectivity index (χ3v) is 6.01. The molecule has 0 saturated heterocycles. The standard InChI is InChI=1S/C26H24N4O2/c31-25(13-20-11-6-10-18-7-4-5-12-23(18)20)29-24-16-30(17-27-24)22-14-21(15-22)28-26(32)19-8-2-1-3-9-19/h1-12,16-17,21-22H,13-15H2,(H,28,32)(H,29,31). The molecule has 0 unspecified atom stereocenters. The van der Waals surface area contributed by atoms with E-state index in [0.29, 0.717) is 17.8 Å². The molecule has 0 spiro atoms. The van der Waals surface area contributed by atoms with E-state index in [4.69, 9.17) is 0 Å². The Morgan fingerprint density at radius 3 is 2.53 bits per heavy atom. The number of hydrogen-bond donors (Lipinski definition) is 2. The largest absolute Gasteiger partial charge is 0.349 e. The van der Waals surface area contributed by atoms with Crippen LogP contribution in [-0.2, 0) is 11.2 Å². The maximum absolute atomic E-state index is 12.6. The molecule has 5 rings (SSSR count). The van der Waals surface area contributed by atoms with Gasteiger partial charge in [0.25, 0.3) is 5.91 Å². The van der Waals surface area contributed by atoms with Crippen LogP contribution in [0, 0.1) is 0 Å². The Bertz CT molecular complexity index is 1250. The zero-order chi connectivity index (χ0) is 21.9. The summed E-state index contributed by atoms with van der Waals surface area (Å²) in [6.45, 7) is 0. The second kappa shape index (κ2) is 8.67. The van der Waals surface area contributed by atoms with Crippen molar-refractivity contribution in [1.82, 2.24) is 14.9 Å². The fourth-order valence-electron chi connectivity index (χ4n) is 4.21. The first-order valence-corrected chi connectivity index (χ1v) is 10.8. The molecule has 0 atom stereocenters. The van der Waals surface area contributed by atoms with Crippen LogP contribution in [0.5, 0.6) is 0 Å². The number of hydrogen-bond acceptors (Lipinski definition) is 3. The van der Waals surface area contributed by atoms with Crippen molar-refractivity contribution in [2.24, 2.45) is 0 Å². The van der Waals surface area contributed by atoms with Crippen LogP contribution in [0.4, 0.5) is 5.82 Å². The number of amides is 2. The molecule has 1 aliphatic rings. The second-order valence-corrected chi connectivity index (χ2v) is 8.23. The quantitative estimate of drug-likeness (QED) is 0.483. The van der Waals surface area contributed by atoms with Crippen LogP contribution in [0.15, 0.2) is 85.3 Å². The minimum Gasteiger partial charge on any atom is -0.349 e. The third-order valence-electron chi connectivity index (χ3n) is 6.01. The summed E-state index contributed by atoms with van der Waals surface area (Å²) in [5, 5.41) is 8.19. The zero-order valence-corrected chi connectivity index (χ0v) is 17.6. The molecule has 32 heavy (non-hydrogen) atoms. The van der Waals surface area contributed by atoms with Crippen molar-refractivity contribution >= 4 is 28.4 Å². The number of carbonyl (C=O) groups is 2. The fourth-order valence-corrected chi connectivity index (χ4v) is 4.21. The van der Waals surface area contributed by atoms with E-state index in [1.54, 1.807) is 6.33 Å². The summed E-state index contributed by atoms with van der Waals surface area (Å²) in [5.41, 5.74) is 1.67. The molecule has 1 fully saturated rings. The highest BCUT2D eigenvalue weighted by molar-refractivity contribution is 5.96. The normalized spacial score (nSPS) is 17.5. The highest BCUT2D eigenvalue weighted by Gasteiger charge is 2.31. The maximum atomic E-state index is 12.6. The van der Waals surface area contributed by atoms with Crippen LogP contribution in [0.3, 0.4) is 0 Å². The van der Waals surface area contributed by atoms with Crippen molar-refractivity contribution in [2.45, 2.75) is 31.3 Å². The zero-order valence-electron chi connectivity index (χ0n) is 17.6. The Labute approximate surface area is 186 Å². The van der Waals surface area contributed by atoms with Gasteiger partial charge in [-0.05, 0) is 41.3 Å². The average molecular weight is 425 g/mol. The van der Waals surface area contributed by atoms with Gasteiger partial charge in [0.2, 0.25) is 5.91 Å². The van der Waals surface area contributed by atoms with Crippen molar-refractivity contribution in [3.8, 4) is 0 Å². The summed E-state index contributed by atoms with van der Waals surface area (Å²) in [6.07, 6.45) is 5.59. The van der Waals surface area contributed by atoms with Gasteiger partial charge in [0.15, 0.2) is 5.82 Å². The fraction of sp³-hybridized carbons (Fsp3) is 0.192. The van der Waals surface area contributed by atoms with E-state index in [0.717, 1.165) is 29.2 Å². The SMILES string of the molecule is O=C(Cc1cccc2ccccc12)Nc1cn(C2CC(NC(=O)c3ccccc3)C2)cn1. The molecular formula is C26H24N4O2. The third kappa shape index (κ3) is 4.25. The molecule has 2 N–H and O–H groups in total. The highest BCUT2D eigenvalue weighted by Crippen LogP contribution is 2.33. The summed E-state index contributed by atoms with van der Waals surface area (Å²) in [4.78, 5) is 29.2. The van der Waals surface area contributed by atoms with Gasteiger partial charge in [-0.15, -0.1) is 0 Å². The summed E-state index contributed by atoms with van der Waals surface area (Å²) in [5.74, 6) is 0.418. The summed E-state index contributed by atoms with van der Waals surface area (Å²) < 4.78 is 2.01. The smallest absolute Gasteiger partial charge is 0.251 e. The van der Waals surface area contributed by atoms with Crippen LogP contribution in [0.2, 0.25) is 0 Å². The van der Waals surface area contributed by atoms with Gasteiger partial charge in [-0.3, -0.25) is 9.59 Å². The molecule has 1 heterocycles. The van der Waals surface area contributed by atoms with E-state index in [9.17, 15) is 9.59 Å². The number of aromatic nitrogens is 2. The van der Waals surface area contributed by atoms with Crippen LogP contribution in [0.1, 0.15) is 34.8 Å². The van der Waals surface area contributed by atoms with Crippen molar-refractivity contribution in [3.63, 3.8) is 0 Å². The number of fused-ring (bicyclic) bond motifs is 1. The first kappa shape index (κ1) is 20.0. The van der Waals surface area contributed by atoms with Gasteiger partial charge in [-0.25, -0.2) is 4.98 Å². The van der Waals surface area contributed by atoms with Crippen molar-refractivity contribution in [3.05, 3.63) is 96.4 Å². The van der Waals surface area contributed by atoms with Gasteiger partial charge in [0, 0.05) is 23.8 Å². The molecule has 4 aromatic rings. The van der Waals surface area contributed by atoms with Crippen LogP contribution >= 0.6 is 0 Å². The Morgan fingerprint density at radius 2 is 1.69 bits per heavy atom. The molecule has 0 bridgehead atoms. The van der Waals surface area contributed by atoms with Crippen LogP contribution < -0.4 is 10.6 Å². The molecular weight excluding hydrogens is 400 g/mol. The predicted molar refractivity (Wildman–Crippen MR) is 124 cm³/mol. The number of carbonyl (C=O) groups excluding carboxylic acids is 2. The highest BCUT2D eigenvalue weighted by atomic mass is 16.2. The Hall–Kier alpha value is -3.93. The van der Waals surface area contributed by atoms with E-state index in [2.05, 4.69) is 15.6 Å². The van der Waals surface area contributed by atoms with E-state index >= 15 is 0 Å². The topological polar surface area (TPSA) is 76.0 Å². The van der Waals surface area contributed by atoms with E-state index in [-0.39, 0.29) is 23.9 Å². The molecule has 1 aliphatic carbocycles. The number of rotatable bonds is 6. The van der Waals surface area contributed by atoms with E-state index in [1.165, 1.54) is 0 Å². The lowest BCUT2D eigenvalue weighted by Gasteiger charge is -2.36. The molecule has 0 aliphatic heterocycles. The monoisotopic (exact) mass is 424 g/mol. The minimum absolute atomic E-state index is 0.0407. The van der Waals surface area contributed by atoms with Gasteiger partial charge >= 0.3 is 0 Å². The van der Waals surface area contributed by atoms with Crippen molar-refractivity contribution in [1.29, 1.82) is 0 Å². The first-order valence-electron chi connectivity index (χ1n) is 10.8. The van der Waals surface area contributed by atoms with Crippen LogP contribution in [-0.4, -0.2) is 27.4 Å². The molecule has 6 heteroatoms. The lowest BCUT2D eigenvalue weighted by Crippen LogP contribution is -2.44. The number of benzene rings is 3. The summed E-state index contributed by atoms with van der Waals surface area (Å²) >= 11 is 0. The van der Waals surface area contributed by atoms with Gasteiger partial charge < -0.3 is 15.2 Å². The molecule has 1 aromatic heterocycles. The molecule has 1 saturated carbocycles. The number of anilines is 1. The maximum Gasteiger partial charge on any atom is 0.251 e. The Kier molecular flexibility index (Phi) is 5.42. The molecule has 0 radical (unpaired) electrons. The van der Waals surface area contributed by atoms with Gasteiger partial charge in [-0.2, -0.15) is 0 Å². The number of nitrogens with zero attached hydrogens (tertiary/aromatic N) is 2. The van der Waals surface area contributed by atoms with Crippen LogP contribution in [0.25, 0.3) is 10.8 Å². The molecule has 6 nitrogen and oxygen atoms in total. The minimum atomic E-state index is -0.0896. The van der Waals surface area contributed by atoms with Gasteiger partial charge in [0.05, 0.1) is 12.7 Å². The van der Waals surface area contributed by atoms with E-state index in [1.807, 2.05) is 83.6 Å². The molecule has 160 valence electrons. The second-order valence-electron chi connectivity index (χ2n) is 8.23. The Balaban J connectivity index is 1.15. The molecule has 2 amide bonds. The summed E-state index contributed by atoms with van der Waals surface area (Å²) in [7, 11) is 0. The van der Waals surface area contributed by atoms with Crippen molar-refractivity contribution < 1.29 is 9.59 Å². The van der Waals surface area contributed by atoms with Crippen molar-refractivity contribution in [2.75, 3.05) is 5.32 Å². The average Bonchev–Trinajstić information content (AvgIpc) is 3.24. The Morgan fingerprint density at radius 1 is 0.938 bits per heavy atom. The van der Waals surface area contributed by atoms with Gasteiger partial charge in [0.1, 0.15) is 0 Å². The lowest BCUT2D eigenvalue weighted by atomic mass is 9.86. The lowest BCUT2D eigenvalue weighted by molar-refractivity contribution is -0.115. The molecule has 3 aromatic carbocycles. The van der Waals surface area contributed by atoms with E-state index < -0.39 is 0 Å². The number of imidazole rings is 1.